The topological polar surface area (TPSA) is 122 Å². The van der Waals surface area contributed by atoms with E-state index in [1.165, 1.54) is 4.90 Å². The van der Waals surface area contributed by atoms with Gasteiger partial charge in [0.1, 0.15) is 18.7 Å². The molecule has 0 saturated carbocycles. The molecule has 1 heterocycles. The average molecular weight is 392 g/mol. The Morgan fingerprint density at radius 2 is 1.93 bits per heavy atom. The van der Waals surface area contributed by atoms with Crippen molar-refractivity contribution in [2.75, 3.05) is 13.2 Å². The standard InChI is InChI=1S/C19H24N2O7/c1-2-27-16(22)11-14(18(24)25)20-17(23)15-9-6-10-21(15)19(26)28-12-13-7-4-3-5-8-13/h3-5,7-8,14-15H,2,6,9-12H2,1H3,(H,20,23)(H,24,25)/t14-,15+/m0/s1. The van der Waals surface area contributed by atoms with Crippen molar-refractivity contribution in [3.8, 4) is 0 Å². The number of amides is 2. The first-order valence-corrected chi connectivity index (χ1v) is 9.08. The van der Waals surface area contributed by atoms with Crippen molar-refractivity contribution in [3.05, 3.63) is 35.9 Å². The van der Waals surface area contributed by atoms with Crippen molar-refractivity contribution < 1.29 is 33.8 Å². The van der Waals surface area contributed by atoms with E-state index in [1.54, 1.807) is 6.92 Å². The van der Waals surface area contributed by atoms with E-state index in [0.29, 0.717) is 19.4 Å². The molecule has 0 aromatic heterocycles. The lowest BCUT2D eigenvalue weighted by molar-refractivity contribution is -0.150. The van der Waals surface area contributed by atoms with Crippen LogP contribution in [0.4, 0.5) is 4.79 Å². The minimum atomic E-state index is -1.42. The maximum atomic E-state index is 12.5. The zero-order chi connectivity index (χ0) is 20.5. The van der Waals surface area contributed by atoms with Gasteiger partial charge in [-0.15, -0.1) is 0 Å². The number of hydrogen-bond acceptors (Lipinski definition) is 6. The van der Waals surface area contributed by atoms with Gasteiger partial charge in [-0.2, -0.15) is 0 Å². The van der Waals surface area contributed by atoms with Crippen LogP contribution in [0.15, 0.2) is 30.3 Å². The molecule has 9 nitrogen and oxygen atoms in total. The molecule has 2 N–H and O–H groups in total. The van der Waals surface area contributed by atoms with Crippen LogP contribution in [0.1, 0.15) is 31.7 Å². The molecule has 0 bridgehead atoms. The van der Waals surface area contributed by atoms with E-state index in [0.717, 1.165) is 5.56 Å². The SMILES string of the molecule is CCOC(=O)C[C@H](NC(=O)[C@H]1CCCN1C(=O)OCc1ccccc1)C(=O)O. The fraction of sp³-hybridized carbons (Fsp3) is 0.474. The zero-order valence-corrected chi connectivity index (χ0v) is 15.6. The number of benzene rings is 1. The van der Waals surface area contributed by atoms with Crippen molar-refractivity contribution in [2.24, 2.45) is 0 Å². The molecule has 0 radical (unpaired) electrons. The molecule has 1 aliphatic rings. The largest absolute Gasteiger partial charge is 0.480 e. The Labute approximate surface area is 162 Å². The van der Waals surface area contributed by atoms with E-state index in [4.69, 9.17) is 9.47 Å². The third kappa shape index (κ3) is 5.97. The molecule has 0 aliphatic carbocycles. The molecule has 1 saturated heterocycles. The molecule has 1 aromatic carbocycles. The summed E-state index contributed by atoms with van der Waals surface area (Å²) in [7, 11) is 0. The molecular formula is C19H24N2O7. The second-order valence-corrected chi connectivity index (χ2v) is 6.30. The molecule has 2 atom stereocenters. The van der Waals surface area contributed by atoms with Gasteiger partial charge >= 0.3 is 18.0 Å². The van der Waals surface area contributed by atoms with Crippen molar-refractivity contribution >= 4 is 23.9 Å². The Balaban J connectivity index is 1.94. The number of carboxylic acid groups (broad SMARTS) is 1. The molecule has 1 aliphatic heterocycles. The number of nitrogens with zero attached hydrogens (tertiary/aromatic N) is 1. The second-order valence-electron chi connectivity index (χ2n) is 6.30. The lowest BCUT2D eigenvalue weighted by Gasteiger charge is -2.24. The Morgan fingerprint density at radius 3 is 2.57 bits per heavy atom. The van der Waals surface area contributed by atoms with Gasteiger partial charge in [-0.3, -0.25) is 14.5 Å². The molecular weight excluding hydrogens is 368 g/mol. The Bertz CT molecular complexity index is 707. The molecule has 152 valence electrons. The van der Waals surface area contributed by atoms with Gasteiger partial charge in [-0.1, -0.05) is 30.3 Å². The first-order chi connectivity index (χ1) is 13.4. The summed E-state index contributed by atoms with van der Waals surface area (Å²) >= 11 is 0. The molecule has 2 rings (SSSR count). The van der Waals surface area contributed by atoms with Gasteiger partial charge in [0.2, 0.25) is 5.91 Å². The zero-order valence-electron chi connectivity index (χ0n) is 15.6. The van der Waals surface area contributed by atoms with Gasteiger partial charge in [-0.25, -0.2) is 9.59 Å². The third-order valence-electron chi connectivity index (χ3n) is 4.29. The Hall–Kier alpha value is -3.10. The first kappa shape index (κ1) is 21.2. The maximum Gasteiger partial charge on any atom is 0.410 e. The van der Waals surface area contributed by atoms with Crippen LogP contribution in [0.2, 0.25) is 0 Å². The van der Waals surface area contributed by atoms with Gasteiger partial charge in [0.15, 0.2) is 0 Å². The van der Waals surface area contributed by atoms with Gasteiger partial charge in [-0.05, 0) is 25.3 Å². The highest BCUT2D eigenvalue weighted by Crippen LogP contribution is 2.19. The van der Waals surface area contributed by atoms with Crippen LogP contribution in [-0.4, -0.2) is 59.2 Å². The summed E-state index contributed by atoms with van der Waals surface area (Å²) in [6, 6.07) is 6.86. The number of nitrogens with one attached hydrogen (secondary N) is 1. The number of ether oxygens (including phenoxy) is 2. The second kappa shape index (κ2) is 10.3. The lowest BCUT2D eigenvalue weighted by Crippen LogP contribution is -2.51. The van der Waals surface area contributed by atoms with Crippen LogP contribution in [0.25, 0.3) is 0 Å². The maximum absolute atomic E-state index is 12.5. The summed E-state index contributed by atoms with van der Waals surface area (Å²) in [5.74, 6) is -2.70. The van der Waals surface area contributed by atoms with Crippen LogP contribution in [0, 0.1) is 0 Å². The van der Waals surface area contributed by atoms with E-state index in [1.807, 2.05) is 30.3 Å². The predicted octanol–water partition coefficient (Wildman–Crippen LogP) is 1.31. The van der Waals surface area contributed by atoms with Gasteiger partial charge < -0.3 is 19.9 Å². The van der Waals surface area contributed by atoms with Crippen LogP contribution >= 0.6 is 0 Å². The Kier molecular flexibility index (Phi) is 7.79. The van der Waals surface area contributed by atoms with Crippen molar-refractivity contribution in [1.82, 2.24) is 10.2 Å². The molecule has 1 fully saturated rings. The van der Waals surface area contributed by atoms with Crippen molar-refractivity contribution in [1.29, 1.82) is 0 Å². The van der Waals surface area contributed by atoms with E-state index >= 15 is 0 Å². The average Bonchev–Trinajstić information content (AvgIpc) is 3.16. The molecule has 9 heteroatoms. The summed E-state index contributed by atoms with van der Waals surface area (Å²) in [5.41, 5.74) is 0.816. The highest BCUT2D eigenvalue weighted by atomic mass is 16.6. The quantitative estimate of drug-likeness (QED) is 0.640. The molecule has 28 heavy (non-hydrogen) atoms. The predicted molar refractivity (Wildman–Crippen MR) is 97.2 cm³/mol. The normalized spacial score (nSPS) is 16.9. The van der Waals surface area contributed by atoms with Crippen LogP contribution in [-0.2, 0) is 30.5 Å². The van der Waals surface area contributed by atoms with Crippen LogP contribution in [0.3, 0.4) is 0 Å². The number of rotatable bonds is 8. The molecule has 0 spiro atoms. The van der Waals surface area contributed by atoms with Gasteiger partial charge in [0.25, 0.3) is 0 Å². The van der Waals surface area contributed by atoms with Crippen molar-refractivity contribution in [2.45, 2.75) is 44.9 Å². The summed E-state index contributed by atoms with van der Waals surface area (Å²) in [4.78, 5) is 49.0. The number of carboxylic acids is 1. The number of hydrogen-bond donors (Lipinski definition) is 2. The number of carbonyl (C=O) groups excluding carboxylic acids is 3. The minimum absolute atomic E-state index is 0.0745. The molecule has 0 unspecified atom stereocenters. The van der Waals surface area contributed by atoms with E-state index in [-0.39, 0.29) is 13.2 Å². The number of esters is 1. The van der Waals surface area contributed by atoms with E-state index in [2.05, 4.69) is 5.32 Å². The summed E-state index contributed by atoms with van der Waals surface area (Å²) in [6.45, 7) is 2.12. The third-order valence-corrected chi connectivity index (χ3v) is 4.29. The summed E-state index contributed by atoms with van der Waals surface area (Å²) in [6.07, 6.45) is -0.148. The molecule has 2 amide bonds. The fourth-order valence-corrected chi connectivity index (χ4v) is 2.91. The van der Waals surface area contributed by atoms with Crippen LogP contribution < -0.4 is 5.32 Å². The van der Waals surface area contributed by atoms with Gasteiger partial charge in [0, 0.05) is 6.54 Å². The smallest absolute Gasteiger partial charge is 0.410 e. The number of aliphatic carboxylic acids is 1. The van der Waals surface area contributed by atoms with Crippen molar-refractivity contribution in [3.63, 3.8) is 0 Å². The monoisotopic (exact) mass is 392 g/mol. The number of likely N-dealkylation sites (tertiary alicyclic amines) is 1. The lowest BCUT2D eigenvalue weighted by atomic mass is 10.1. The number of carbonyl (C=O) groups is 4. The first-order valence-electron chi connectivity index (χ1n) is 9.08. The minimum Gasteiger partial charge on any atom is -0.480 e. The summed E-state index contributed by atoms with van der Waals surface area (Å²) in [5, 5.41) is 11.6. The van der Waals surface area contributed by atoms with Gasteiger partial charge in [0.05, 0.1) is 13.0 Å². The highest BCUT2D eigenvalue weighted by molar-refractivity contribution is 5.91. The van der Waals surface area contributed by atoms with E-state index in [9.17, 15) is 24.3 Å². The van der Waals surface area contributed by atoms with E-state index < -0.39 is 42.4 Å². The summed E-state index contributed by atoms with van der Waals surface area (Å²) < 4.78 is 9.98. The Morgan fingerprint density at radius 1 is 1.21 bits per heavy atom. The van der Waals surface area contributed by atoms with Crippen LogP contribution in [0.5, 0.6) is 0 Å². The molecule has 1 aromatic rings. The fourth-order valence-electron chi connectivity index (χ4n) is 2.91. The highest BCUT2D eigenvalue weighted by Gasteiger charge is 2.37.